The van der Waals surface area contributed by atoms with Crippen LogP contribution in [0.25, 0.3) is 0 Å². The van der Waals surface area contributed by atoms with E-state index in [-0.39, 0.29) is 22.9 Å². The van der Waals surface area contributed by atoms with E-state index >= 15 is 0 Å². The molecule has 1 saturated heterocycles. The number of likely N-dealkylation sites (tertiary alicyclic amines) is 1. The highest BCUT2D eigenvalue weighted by Crippen LogP contribution is 2.23. The van der Waals surface area contributed by atoms with E-state index in [1.165, 1.54) is 12.3 Å². The Morgan fingerprint density at radius 1 is 1.36 bits per heavy atom. The quantitative estimate of drug-likeness (QED) is 0.790. The Bertz CT molecular complexity index is 645. The van der Waals surface area contributed by atoms with Crippen molar-refractivity contribution in [2.24, 2.45) is 0 Å². The lowest BCUT2D eigenvalue weighted by atomic mass is 10.1. The number of pyridine rings is 1. The number of hydrogen-bond donors (Lipinski definition) is 2. The molecular formula is C17H24ClN3O4. The second-order valence-electron chi connectivity index (χ2n) is 7.10. The zero-order chi connectivity index (χ0) is 18.6. The summed E-state index contributed by atoms with van der Waals surface area (Å²) in [5.74, 6) is -1.06. The van der Waals surface area contributed by atoms with Gasteiger partial charge in [0.05, 0.1) is 5.69 Å². The predicted molar refractivity (Wildman–Crippen MR) is 95.3 cm³/mol. The summed E-state index contributed by atoms with van der Waals surface area (Å²) >= 11 is 5.88. The Morgan fingerprint density at radius 3 is 2.72 bits per heavy atom. The fraction of sp³-hybridized carbons (Fsp3) is 0.588. The first-order valence-electron chi connectivity index (χ1n) is 8.29. The smallest absolute Gasteiger partial charge is 0.410 e. The molecule has 0 spiro atoms. The van der Waals surface area contributed by atoms with Gasteiger partial charge in [-0.15, -0.1) is 0 Å². The molecular weight excluding hydrogens is 346 g/mol. The van der Waals surface area contributed by atoms with Crippen LogP contribution in [-0.2, 0) is 4.74 Å². The van der Waals surface area contributed by atoms with E-state index in [9.17, 15) is 14.7 Å². The van der Waals surface area contributed by atoms with Gasteiger partial charge in [0.1, 0.15) is 16.3 Å². The van der Waals surface area contributed by atoms with Crippen molar-refractivity contribution < 1.29 is 19.4 Å². The molecule has 1 atom stereocenters. The molecule has 0 unspecified atom stereocenters. The molecule has 1 aromatic heterocycles. The van der Waals surface area contributed by atoms with Gasteiger partial charge in [0.25, 0.3) is 0 Å². The fourth-order valence-electron chi connectivity index (χ4n) is 2.69. The van der Waals surface area contributed by atoms with Gasteiger partial charge in [0.2, 0.25) is 0 Å². The number of carbonyl (C=O) groups is 2. The van der Waals surface area contributed by atoms with Gasteiger partial charge in [0.15, 0.2) is 0 Å². The molecule has 1 fully saturated rings. The van der Waals surface area contributed by atoms with E-state index in [0.29, 0.717) is 25.2 Å². The van der Waals surface area contributed by atoms with Gasteiger partial charge in [-0.05, 0) is 46.1 Å². The number of carboxylic acids is 1. The number of aromatic nitrogens is 1. The largest absolute Gasteiger partial charge is 0.478 e. The maximum Gasteiger partial charge on any atom is 0.410 e. The van der Waals surface area contributed by atoms with Crippen molar-refractivity contribution in [3.63, 3.8) is 0 Å². The summed E-state index contributed by atoms with van der Waals surface area (Å²) in [5.41, 5.74) is 0.00597. The summed E-state index contributed by atoms with van der Waals surface area (Å²) in [5, 5.41) is 12.7. The summed E-state index contributed by atoms with van der Waals surface area (Å²) in [6, 6.07) is 1.56. The maximum absolute atomic E-state index is 12.2. The van der Waals surface area contributed by atoms with Crippen molar-refractivity contribution >= 4 is 29.4 Å². The van der Waals surface area contributed by atoms with Crippen LogP contribution in [0, 0.1) is 0 Å². The minimum Gasteiger partial charge on any atom is -0.478 e. The molecule has 2 rings (SSSR count). The highest BCUT2D eigenvalue weighted by Gasteiger charge is 2.25. The number of hydrogen-bond acceptors (Lipinski definition) is 5. The van der Waals surface area contributed by atoms with Gasteiger partial charge < -0.3 is 20.1 Å². The summed E-state index contributed by atoms with van der Waals surface area (Å²) in [4.78, 5) is 29.0. The highest BCUT2D eigenvalue weighted by molar-refractivity contribution is 6.29. The van der Waals surface area contributed by atoms with Crippen LogP contribution in [0.15, 0.2) is 12.3 Å². The van der Waals surface area contributed by atoms with Gasteiger partial charge in [-0.25, -0.2) is 14.6 Å². The zero-order valence-corrected chi connectivity index (χ0v) is 15.5. The second kappa shape index (κ2) is 7.91. The molecule has 0 aromatic carbocycles. The van der Waals surface area contributed by atoms with Crippen molar-refractivity contribution in [3.05, 3.63) is 23.0 Å². The number of halogens is 1. The normalized spacial score (nSPS) is 18.4. The van der Waals surface area contributed by atoms with Gasteiger partial charge in [-0.1, -0.05) is 11.6 Å². The van der Waals surface area contributed by atoms with Gasteiger partial charge >= 0.3 is 12.1 Å². The van der Waals surface area contributed by atoms with Crippen LogP contribution >= 0.6 is 11.6 Å². The first-order chi connectivity index (χ1) is 11.7. The van der Waals surface area contributed by atoms with Crippen molar-refractivity contribution in [2.45, 2.75) is 51.7 Å². The number of aromatic carboxylic acids is 1. The van der Waals surface area contributed by atoms with Crippen LogP contribution in [0.3, 0.4) is 0 Å². The Labute approximate surface area is 152 Å². The lowest BCUT2D eigenvalue weighted by Crippen LogP contribution is -2.37. The summed E-state index contributed by atoms with van der Waals surface area (Å²) in [6.45, 7) is 6.69. The molecule has 0 saturated carbocycles. The van der Waals surface area contributed by atoms with E-state index in [0.717, 1.165) is 12.8 Å². The van der Waals surface area contributed by atoms with Crippen LogP contribution in [0.1, 0.15) is 50.4 Å². The Kier molecular flexibility index (Phi) is 6.11. The van der Waals surface area contributed by atoms with Crippen molar-refractivity contribution in [3.8, 4) is 0 Å². The van der Waals surface area contributed by atoms with Crippen LogP contribution < -0.4 is 5.32 Å². The lowest BCUT2D eigenvalue weighted by Gasteiger charge is -2.26. The molecule has 0 aliphatic carbocycles. The first-order valence-corrected chi connectivity index (χ1v) is 8.67. The molecule has 1 aromatic rings. The van der Waals surface area contributed by atoms with Crippen molar-refractivity contribution in [2.75, 3.05) is 18.4 Å². The average Bonchev–Trinajstić information content (AvgIpc) is 2.71. The number of nitrogens with one attached hydrogen (secondary N) is 1. The first kappa shape index (κ1) is 19.3. The number of ether oxygens (including phenoxy) is 1. The molecule has 0 bridgehead atoms. The monoisotopic (exact) mass is 369 g/mol. The van der Waals surface area contributed by atoms with Crippen LogP contribution in [-0.4, -0.2) is 51.8 Å². The van der Waals surface area contributed by atoms with Crippen LogP contribution in [0.2, 0.25) is 5.15 Å². The number of rotatable bonds is 3. The molecule has 2 N–H and O–H groups in total. The zero-order valence-electron chi connectivity index (χ0n) is 14.7. The SMILES string of the molecule is CC(C)(C)OC(=O)N1CCC[C@H](Nc2cc(Cl)ncc2C(=O)O)CC1. The molecule has 25 heavy (non-hydrogen) atoms. The molecule has 1 aliphatic rings. The van der Waals surface area contributed by atoms with Gasteiger partial charge in [0, 0.05) is 25.3 Å². The fourth-order valence-corrected chi connectivity index (χ4v) is 2.85. The van der Waals surface area contributed by atoms with E-state index in [2.05, 4.69) is 10.3 Å². The number of amides is 1. The maximum atomic E-state index is 12.2. The van der Waals surface area contributed by atoms with E-state index in [4.69, 9.17) is 16.3 Å². The number of anilines is 1. The molecule has 7 nitrogen and oxygen atoms in total. The summed E-state index contributed by atoms with van der Waals surface area (Å²) < 4.78 is 5.42. The standard InChI is InChI=1S/C17H24ClN3O4/c1-17(2,3)25-16(24)21-7-4-5-11(6-8-21)20-13-9-14(18)19-10-12(13)15(22)23/h9-11H,4-8H2,1-3H3,(H,19,20)(H,22,23)/t11-/m0/s1. The van der Waals surface area contributed by atoms with E-state index in [1.54, 1.807) is 4.90 Å². The molecule has 8 heteroatoms. The average molecular weight is 370 g/mol. The predicted octanol–water partition coefficient (Wildman–Crippen LogP) is 3.63. The van der Waals surface area contributed by atoms with Gasteiger partial charge in [-0.2, -0.15) is 0 Å². The van der Waals surface area contributed by atoms with E-state index < -0.39 is 11.6 Å². The summed E-state index contributed by atoms with van der Waals surface area (Å²) in [7, 11) is 0. The van der Waals surface area contributed by atoms with E-state index in [1.807, 2.05) is 20.8 Å². The molecule has 0 radical (unpaired) electrons. The lowest BCUT2D eigenvalue weighted by molar-refractivity contribution is 0.0256. The molecule has 2 heterocycles. The summed E-state index contributed by atoms with van der Waals surface area (Å²) in [6.07, 6.45) is 3.25. The second-order valence-corrected chi connectivity index (χ2v) is 7.48. The number of carbonyl (C=O) groups excluding carboxylic acids is 1. The Balaban J connectivity index is 2.01. The topological polar surface area (TPSA) is 91.8 Å². The highest BCUT2D eigenvalue weighted by atomic mass is 35.5. The molecule has 1 amide bonds. The minimum absolute atomic E-state index is 0.0454. The Hall–Kier alpha value is -2.02. The third-order valence-electron chi connectivity index (χ3n) is 3.84. The minimum atomic E-state index is -1.06. The molecule has 1 aliphatic heterocycles. The molecule has 138 valence electrons. The number of nitrogens with zero attached hydrogens (tertiary/aromatic N) is 2. The third kappa shape index (κ3) is 5.77. The van der Waals surface area contributed by atoms with Crippen LogP contribution in [0.5, 0.6) is 0 Å². The Morgan fingerprint density at radius 2 is 2.08 bits per heavy atom. The third-order valence-corrected chi connectivity index (χ3v) is 4.05. The van der Waals surface area contributed by atoms with Gasteiger partial charge in [-0.3, -0.25) is 0 Å². The van der Waals surface area contributed by atoms with Crippen molar-refractivity contribution in [1.82, 2.24) is 9.88 Å². The van der Waals surface area contributed by atoms with Crippen molar-refractivity contribution in [1.29, 1.82) is 0 Å². The number of carboxylic acid groups (broad SMARTS) is 1. The van der Waals surface area contributed by atoms with Crippen LogP contribution in [0.4, 0.5) is 10.5 Å².